The molecule has 0 aliphatic carbocycles. The van der Waals surface area contributed by atoms with Gasteiger partial charge >= 0.3 is 0 Å². The van der Waals surface area contributed by atoms with Crippen LogP contribution in [0.4, 0.5) is 0 Å². The van der Waals surface area contributed by atoms with Crippen molar-refractivity contribution in [3.8, 4) is 0 Å². The van der Waals surface area contributed by atoms with Gasteiger partial charge in [-0.05, 0) is 26.2 Å². The number of hydrogen-bond acceptors (Lipinski definition) is 2. The zero-order valence-electron chi connectivity index (χ0n) is 13.6. The predicted octanol–water partition coefficient (Wildman–Crippen LogP) is 3.94. The summed E-state index contributed by atoms with van der Waals surface area (Å²) in [6, 6.07) is 0.191. The molecule has 1 amide bonds. The van der Waals surface area contributed by atoms with Gasteiger partial charge in [-0.1, -0.05) is 65.1 Å². The average Bonchev–Trinajstić information content (AvgIpc) is 2.38. The molecule has 0 aliphatic heterocycles. The number of amides is 1. The topological polar surface area (TPSA) is 55.1 Å². The van der Waals surface area contributed by atoms with Gasteiger partial charge in [0.15, 0.2) is 0 Å². The van der Waals surface area contributed by atoms with Gasteiger partial charge in [0, 0.05) is 6.04 Å². The van der Waals surface area contributed by atoms with Crippen LogP contribution in [0.15, 0.2) is 0 Å². The molecule has 0 rings (SSSR count). The standard InChI is InChI=1S/C16H32N2OS/c1-5-8-9-10-13(4)18-15(19)16(11-6-2,12-7-3)14(17)20/h13H,5-12H2,1-4H3,(H2,17,20)(H,18,19). The van der Waals surface area contributed by atoms with E-state index in [-0.39, 0.29) is 11.9 Å². The Kier molecular flexibility index (Phi) is 9.82. The molecular weight excluding hydrogens is 268 g/mol. The minimum Gasteiger partial charge on any atom is -0.392 e. The SMILES string of the molecule is CCCCCC(C)NC(=O)C(CCC)(CCC)C(N)=S. The summed E-state index contributed by atoms with van der Waals surface area (Å²) in [4.78, 5) is 13.0. The van der Waals surface area contributed by atoms with Crippen LogP contribution in [-0.2, 0) is 4.79 Å². The van der Waals surface area contributed by atoms with Gasteiger partial charge in [0.05, 0.1) is 10.4 Å². The summed E-state index contributed by atoms with van der Waals surface area (Å²) in [7, 11) is 0. The maximum Gasteiger partial charge on any atom is 0.233 e. The molecule has 0 saturated carbocycles. The van der Waals surface area contributed by atoms with Crippen molar-refractivity contribution in [1.82, 2.24) is 5.32 Å². The van der Waals surface area contributed by atoms with E-state index >= 15 is 0 Å². The van der Waals surface area contributed by atoms with Gasteiger partial charge in [-0.2, -0.15) is 0 Å². The zero-order chi connectivity index (χ0) is 15.6. The van der Waals surface area contributed by atoms with E-state index in [1.54, 1.807) is 0 Å². The smallest absolute Gasteiger partial charge is 0.233 e. The van der Waals surface area contributed by atoms with Crippen molar-refractivity contribution in [3.63, 3.8) is 0 Å². The lowest BCUT2D eigenvalue weighted by Gasteiger charge is -2.32. The van der Waals surface area contributed by atoms with E-state index in [4.69, 9.17) is 18.0 Å². The van der Waals surface area contributed by atoms with Crippen LogP contribution in [0.1, 0.15) is 79.1 Å². The second-order valence-electron chi connectivity index (χ2n) is 5.82. The summed E-state index contributed by atoms with van der Waals surface area (Å²) in [6.45, 7) is 8.39. The lowest BCUT2D eigenvalue weighted by atomic mass is 9.78. The molecule has 0 fully saturated rings. The van der Waals surface area contributed by atoms with Gasteiger partial charge in [0.1, 0.15) is 0 Å². The van der Waals surface area contributed by atoms with Crippen molar-refractivity contribution >= 4 is 23.1 Å². The van der Waals surface area contributed by atoms with Crippen LogP contribution in [0.25, 0.3) is 0 Å². The average molecular weight is 301 g/mol. The molecule has 0 heterocycles. The molecule has 0 aromatic carbocycles. The number of thiocarbonyl (C=S) groups is 1. The van der Waals surface area contributed by atoms with Gasteiger partial charge in [0.25, 0.3) is 0 Å². The summed E-state index contributed by atoms with van der Waals surface area (Å²) >= 11 is 5.21. The Bertz CT molecular complexity index is 299. The fraction of sp³-hybridized carbons (Fsp3) is 0.875. The Hall–Kier alpha value is -0.640. The summed E-state index contributed by atoms with van der Waals surface area (Å²) in [5.74, 6) is 0.0256. The summed E-state index contributed by atoms with van der Waals surface area (Å²) < 4.78 is 0. The molecule has 4 heteroatoms. The largest absolute Gasteiger partial charge is 0.392 e. The summed E-state index contributed by atoms with van der Waals surface area (Å²) in [6.07, 6.45) is 7.88. The number of rotatable bonds is 11. The number of carbonyl (C=O) groups is 1. The summed E-state index contributed by atoms with van der Waals surface area (Å²) in [5.41, 5.74) is 5.26. The Morgan fingerprint density at radius 2 is 1.70 bits per heavy atom. The second-order valence-corrected chi connectivity index (χ2v) is 6.26. The van der Waals surface area contributed by atoms with Crippen molar-refractivity contribution in [2.24, 2.45) is 11.1 Å². The highest BCUT2D eigenvalue weighted by Gasteiger charge is 2.40. The molecule has 0 radical (unpaired) electrons. The highest BCUT2D eigenvalue weighted by Crippen LogP contribution is 2.31. The Balaban J connectivity index is 4.73. The second kappa shape index (κ2) is 10.1. The molecule has 1 unspecified atom stereocenters. The van der Waals surface area contributed by atoms with Crippen molar-refractivity contribution in [2.75, 3.05) is 0 Å². The zero-order valence-corrected chi connectivity index (χ0v) is 14.4. The van der Waals surface area contributed by atoms with E-state index in [9.17, 15) is 4.79 Å². The number of nitrogens with one attached hydrogen (secondary N) is 1. The fourth-order valence-electron chi connectivity index (χ4n) is 2.70. The molecule has 0 spiro atoms. The lowest BCUT2D eigenvalue weighted by molar-refractivity contribution is -0.128. The fourth-order valence-corrected chi connectivity index (χ4v) is 3.00. The van der Waals surface area contributed by atoms with Crippen LogP contribution in [0, 0.1) is 5.41 Å². The molecule has 20 heavy (non-hydrogen) atoms. The van der Waals surface area contributed by atoms with Gasteiger partial charge in [-0.15, -0.1) is 0 Å². The lowest BCUT2D eigenvalue weighted by Crippen LogP contribution is -2.51. The molecule has 0 aromatic rings. The van der Waals surface area contributed by atoms with Crippen molar-refractivity contribution < 1.29 is 4.79 Å². The van der Waals surface area contributed by atoms with Crippen molar-refractivity contribution in [2.45, 2.75) is 85.1 Å². The third-order valence-corrected chi connectivity index (χ3v) is 4.27. The molecular formula is C16H32N2OS. The highest BCUT2D eigenvalue weighted by atomic mass is 32.1. The van der Waals surface area contributed by atoms with Gasteiger partial charge < -0.3 is 11.1 Å². The molecule has 0 bridgehead atoms. The van der Waals surface area contributed by atoms with Crippen LogP contribution in [0.3, 0.4) is 0 Å². The van der Waals surface area contributed by atoms with Gasteiger partial charge in [0.2, 0.25) is 5.91 Å². The minimum absolute atomic E-state index is 0.0256. The first-order chi connectivity index (χ1) is 9.44. The minimum atomic E-state index is -0.655. The number of unbranched alkanes of at least 4 members (excludes halogenated alkanes) is 2. The van der Waals surface area contributed by atoms with E-state index in [0.717, 1.165) is 38.5 Å². The Morgan fingerprint density at radius 3 is 2.10 bits per heavy atom. The normalized spacial score (nSPS) is 13.0. The van der Waals surface area contributed by atoms with Gasteiger partial charge in [-0.25, -0.2) is 0 Å². The van der Waals surface area contributed by atoms with Crippen LogP contribution in [0.5, 0.6) is 0 Å². The van der Waals surface area contributed by atoms with E-state index in [1.165, 1.54) is 12.8 Å². The van der Waals surface area contributed by atoms with E-state index in [1.807, 2.05) is 0 Å². The van der Waals surface area contributed by atoms with Crippen LogP contribution in [0.2, 0.25) is 0 Å². The van der Waals surface area contributed by atoms with Crippen LogP contribution < -0.4 is 11.1 Å². The number of hydrogen-bond donors (Lipinski definition) is 2. The van der Waals surface area contributed by atoms with Crippen LogP contribution in [-0.4, -0.2) is 16.9 Å². The maximum atomic E-state index is 12.7. The third-order valence-electron chi connectivity index (χ3n) is 3.88. The molecule has 1 atom stereocenters. The number of nitrogens with two attached hydrogens (primary N) is 1. The highest BCUT2D eigenvalue weighted by molar-refractivity contribution is 7.80. The van der Waals surface area contributed by atoms with Crippen molar-refractivity contribution in [3.05, 3.63) is 0 Å². The van der Waals surface area contributed by atoms with E-state index < -0.39 is 5.41 Å². The molecule has 118 valence electrons. The molecule has 3 nitrogen and oxygen atoms in total. The van der Waals surface area contributed by atoms with E-state index in [2.05, 4.69) is 33.0 Å². The van der Waals surface area contributed by atoms with Crippen molar-refractivity contribution in [1.29, 1.82) is 0 Å². The quantitative estimate of drug-likeness (QED) is 0.449. The molecule has 0 aliphatic rings. The molecule has 3 N–H and O–H groups in total. The summed E-state index contributed by atoms with van der Waals surface area (Å²) in [5, 5.41) is 3.12. The van der Waals surface area contributed by atoms with Crippen LogP contribution >= 0.6 is 12.2 Å². The van der Waals surface area contributed by atoms with E-state index in [0.29, 0.717) is 4.99 Å². The van der Waals surface area contributed by atoms with Gasteiger partial charge in [-0.3, -0.25) is 4.79 Å². The molecule has 0 saturated heterocycles. The molecule has 0 aromatic heterocycles. The monoisotopic (exact) mass is 300 g/mol. The first kappa shape index (κ1) is 19.4. The third kappa shape index (κ3) is 5.78. The first-order valence-corrected chi connectivity index (χ1v) is 8.46. The predicted molar refractivity (Wildman–Crippen MR) is 90.8 cm³/mol. The Morgan fingerprint density at radius 1 is 1.15 bits per heavy atom. The first-order valence-electron chi connectivity index (χ1n) is 8.05. The maximum absolute atomic E-state index is 12.7. The Labute approximate surface area is 130 Å². The number of carbonyl (C=O) groups excluding carboxylic acids is 1.